The molecular weight excluding hydrogens is 176 g/mol. The average molecular weight is 186 g/mol. The van der Waals surface area contributed by atoms with E-state index in [2.05, 4.69) is 0 Å². The molecule has 1 aliphatic rings. The first kappa shape index (κ1) is 8.16. The molecule has 0 bridgehead atoms. The number of furan rings is 1. The first-order valence-corrected chi connectivity index (χ1v) is 4.86. The van der Waals surface area contributed by atoms with Gasteiger partial charge in [0, 0.05) is 5.75 Å². The van der Waals surface area contributed by atoms with E-state index in [-0.39, 0.29) is 18.1 Å². The fraction of sp³-hybridized carbons (Fsp3) is 0.500. The van der Waals surface area contributed by atoms with Crippen LogP contribution < -0.4 is 0 Å². The van der Waals surface area contributed by atoms with Crippen molar-refractivity contribution in [1.82, 2.24) is 0 Å². The highest BCUT2D eigenvalue weighted by Crippen LogP contribution is 2.34. The molecule has 1 aliphatic heterocycles. The standard InChI is InChI=1S/C8H10O3S/c9-4-8-11-7(5-12-8)6-2-1-3-10-6/h1-3,7-9H,4-5H2. The number of aliphatic hydroxyl groups is 1. The summed E-state index contributed by atoms with van der Waals surface area (Å²) in [5.41, 5.74) is -0.0832. The van der Waals surface area contributed by atoms with Crippen LogP contribution in [0.4, 0.5) is 0 Å². The molecular formula is C8H10O3S. The second-order valence-electron chi connectivity index (χ2n) is 2.59. The molecule has 12 heavy (non-hydrogen) atoms. The first-order chi connectivity index (χ1) is 5.90. The van der Waals surface area contributed by atoms with Crippen molar-refractivity contribution in [3.8, 4) is 0 Å². The Hall–Kier alpha value is -0.450. The molecule has 2 heterocycles. The van der Waals surface area contributed by atoms with Crippen LogP contribution in [-0.2, 0) is 4.74 Å². The highest BCUT2D eigenvalue weighted by molar-refractivity contribution is 8.00. The lowest BCUT2D eigenvalue weighted by Crippen LogP contribution is -2.08. The number of thioether (sulfide) groups is 1. The lowest BCUT2D eigenvalue weighted by atomic mass is 10.3. The monoisotopic (exact) mass is 186 g/mol. The van der Waals surface area contributed by atoms with E-state index in [1.54, 1.807) is 18.0 Å². The van der Waals surface area contributed by atoms with Crippen molar-refractivity contribution in [1.29, 1.82) is 0 Å². The third-order valence-electron chi connectivity index (χ3n) is 1.76. The Balaban J connectivity index is 2.00. The van der Waals surface area contributed by atoms with Crippen LogP contribution in [0.2, 0.25) is 0 Å². The van der Waals surface area contributed by atoms with Gasteiger partial charge in [0.1, 0.15) is 17.3 Å². The minimum Gasteiger partial charge on any atom is -0.467 e. The molecule has 2 atom stereocenters. The fourth-order valence-electron chi connectivity index (χ4n) is 1.18. The smallest absolute Gasteiger partial charge is 0.133 e. The van der Waals surface area contributed by atoms with E-state index < -0.39 is 0 Å². The van der Waals surface area contributed by atoms with Crippen LogP contribution in [0.25, 0.3) is 0 Å². The first-order valence-electron chi connectivity index (χ1n) is 3.81. The molecule has 0 radical (unpaired) electrons. The third kappa shape index (κ3) is 1.50. The van der Waals surface area contributed by atoms with Crippen LogP contribution in [0.1, 0.15) is 11.9 Å². The predicted molar refractivity (Wildman–Crippen MR) is 45.9 cm³/mol. The van der Waals surface area contributed by atoms with Crippen molar-refractivity contribution in [3.05, 3.63) is 24.2 Å². The quantitative estimate of drug-likeness (QED) is 0.758. The SMILES string of the molecule is OCC1OC(c2ccco2)CS1. The predicted octanol–water partition coefficient (Wildman–Crippen LogP) is 1.40. The van der Waals surface area contributed by atoms with Gasteiger partial charge in [0.15, 0.2) is 0 Å². The van der Waals surface area contributed by atoms with Crippen molar-refractivity contribution < 1.29 is 14.3 Å². The highest BCUT2D eigenvalue weighted by Gasteiger charge is 2.27. The van der Waals surface area contributed by atoms with Gasteiger partial charge < -0.3 is 14.3 Å². The van der Waals surface area contributed by atoms with Crippen LogP contribution in [0.3, 0.4) is 0 Å². The zero-order valence-corrected chi connectivity index (χ0v) is 7.29. The van der Waals surface area contributed by atoms with Gasteiger partial charge in [-0.05, 0) is 12.1 Å². The maximum Gasteiger partial charge on any atom is 0.133 e. The third-order valence-corrected chi connectivity index (χ3v) is 2.89. The van der Waals surface area contributed by atoms with Crippen molar-refractivity contribution >= 4 is 11.8 Å². The molecule has 0 spiro atoms. The van der Waals surface area contributed by atoms with Crippen LogP contribution >= 0.6 is 11.8 Å². The molecule has 0 amide bonds. The Morgan fingerprint density at radius 2 is 2.58 bits per heavy atom. The summed E-state index contributed by atoms with van der Waals surface area (Å²) in [5, 5.41) is 8.80. The molecule has 1 fully saturated rings. The second-order valence-corrected chi connectivity index (χ2v) is 3.78. The Morgan fingerprint density at radius 1 is 1.67 bits per heavy atom. The molecule has 1 saturated heterocycles. The maximum absolute atomic E-state index is 8.80. The van der Waals surface area contributed by atoms with Gasteiger partial charge in [0.25, 0.3) is 0 Å². The van der Waals surface area contributed by atoms with E-state index in [1.165, 1.54) is 0 Å². The van der Waals surface area contributed by atoms with Crippen molar-refractivity contribution in [2.24, 2.45) is 0 Å². The summed E-state index contributed by atoms with van der Waals surface area (Å²) in [6.45, 7) is 0.0713. The molecule has 3 nitrogen and oxygen atoms in total. The van der Waals surface area contributed by atoms with E-state index in [0.717, 1.165) is 11.5 Å². The van der Waals surface area contributed by atoms with Crippen molar-refractivity contribution in [2.45, 2.75) is 11.5 Å². The van der Waals surface area contributed by atoms with Gasteiger partial charge in [-0.25, -0.2) is 0 Å². The zero-order chi connectivity index (χ0) is 8.39. The Bertz CT molecular complexity index is 234. The van der Waals surface area contributed by atoms with Crippen LogP contribution in [0, 0.1) is 0 Å². The average Bonchev–Trinajstić information content (AvgIpc) is 2.75. The largest absolute Gasteiger partial charge is 0.467 e. The van der Waals surface area contributed by atoms with Gasteiger partial charge in [-0.15, -0.1) is 11.8 Å². The van der Waals surface area contributed by atoms with Gasteiger partial charge in [-0.1, -0.05) is 0 Å². The van der Waals surface area contributed by atoms with E-state index in [1.807, 2.05) is 12.1 Å². The molecule has 1 aromatic rings. The number of rotatable bonds is 2. The molecule has 1 aromatic heterocycles. The molecule has 0 aliphatic carbocycles. The van der Waals surface area contributed by atoms with Gasteiger partial charge in [-0.2, -0.15) is 0 Å². The summed E-state index contributed by atoms with van der Waals surface area (Å²) in [7, 11) is 0. The van der Waals surface area contributed by atoms with Crippen molar-refractivity contribution in [2.75, 3.05) is 12.4 Å². The van der Waals surface area contributed by atoms with Gasteiger partial charge in [0.05, 0.1) is 12.9 Å². The maximum atomic E-state index is 8.80. The molecule has 0 aromatic carbocycles. The Labute approximate surface area is 74.7 Å². The summed E-state index contributed by atoms with van der Waals surface area (Å²) in [6.07, 6.45) is 1.65. The van der Waals surface area contributed by atoms with E-state index in [4.69, 9.17) is 14.3 Å². The number of hydrogen-bond acceptors (Lipinski definition) is 4. The Kier molecular flexibility index (Phi) is 2.39. The van der Waals surface area contributed by atoms with Gasteiger partial charge >= 0.3 is 0 Å². The molecule has 4 heteroatoms. The van der Waals surface area contributed by atoms with Crippen LogP contribution in [0.15, 0.2) is 22.8 Å². The second kappa shape index (κ2) is 3.51. The number of aliphatic hydroxyl groups excluding tert-OH is 1. The topological polar surface area (TPSA) is 42.6 Å². The Morgan fingerprint density at radius 3 is 3.17 bits per heavy atom. The van der Waals surface area contributed by atoms with Crippen LogP contribution in [0.5, 0.6) is 0 Å². The fourth-order valence-corrected chi connectivity index (χ4v) is 2.13. The minimum absolute atomic E-state index is 0.0159. The normalized spacial score (nSPS) is 29.4. The van der Waals surface area contributed by atoms with Crippen LogP contribution in [-0.4, -0.2) is 22.9 Å². The molecule has 0 saturated carbocycles. The summed E-state index contributed by atoms with van der Waals surface area (Å²) < 4.78 is 10.7. The van der Waals surface area contributed by atoms with Crippen molar-refractivity contribution in [3.63, 3.8) is 0 Å². The summed E-state index contributed by atoms with van der Waals surface area (Å²) in [6, 6.07) is 3.74. The minimum atomic E-state index is -0.0832. The van der Waals surface area contributed by atoms with E-state index >= 15 is 0 Å². The highest BCUT2D eigenvalue weighted by atomic mass is 32.2. The van der Waals surface area contributed by atoms with E-state index in [9.17, 15) is 0 Å². The van der Waals surface area contributed by atoms with Gasteiger partial charge in [0.2, 0.25) is 0 Å². The lowest BCUT2D eigenvalue weighted by molar-refractivity contribution is 0.0238. The molecule has 2 unspecified atom stereocenters. The van der Waals surface area contributed by atoms with Gasteiger partial charge in [-0.3, -0.25) is 0 Å². The summed E-state index contributed by atoms with van der Waals surface area (Å²) in [5.74, 6) is 1.71. The lowest BCUT2D eigenvalue weighted by Gasteiger charge is -2.07. The number of hydrogen-bond donors (Lipinski definition) is 1. The zero-order valence-electron chi connectivity index (χ0n) is 6.47. The summed E-state index contributed by atoms with van der Waals surface area (Å²) in [4.78, 5) is 0. The molecule has 2 rings (SSSR count). The van der Waals surface area contributed by atoms with E-state index in [0.29, 0.717) is 0 Å². The summed E-state index contributed by atoms with van der Waals surface area (Å²) >= 11 is 1.62. The molecule has 66 valence electrons. The molecule has 1 N–H and O–H groups in total. The number of ether oxygens (including phenoxy) is 1.